The number of thioether (sulfide) groups is 1. The number of para-hydroxylation sites is 1. The summed E-state index contributed by atoms with van der Waals surface area (Å²) in [5.41, 5.74) is 1.70. The van der Waals surface area contributed by atoms with Gasteiger partial charge in [0.05, 0.1) is 18.9 Å². The summed E-state index contributed by atoms with van der Waals surface area (Å²) >= 11 is 1.54. The average Bonchev–Trinajstić information content (AvgIpc) is 3.00. The third-order valence-corrected chi connectivity index (χ3v) is 4.20. The number of hydrogen-bond acceptors (Lipinski definition) is 6. The summed E-state index contributed by atoms with van der Waals surface area (Å²) in [6, 6.07) is 9.65. The van der Waals surface area contributed by atoms with E-state index in [1.165, 1.54) is 13.4 Å². The number of aryl methyl sites for hydroxylation is 1. The molecule has 2 aromatic heterocycles. The van der Waals surface area contributed by atoms with E-state index in [0.717, 1.165) is 27.3 Å². The highest BCUT2D eigenvalue weighted by atomic mass is 32.2. The molecule has 0 aliphatic heterocycles. The molecule has 0 fully saturated rings. The fourth-order valence-electron chi connectivity index (χ4n) is 2.14. The smallest absolute Gasteiger partial charge is 0.374 e. The van der Waals surface area contributed by atoms with Crippen LogP contribution >= 0.6 is 11.8 Å². The number of ether oxygens (including phenoxy) is 1. The van der Waals surface area contributed by atoms with Gasteiger partial charge < -0.3 is 9.15 Å². The minimum absolute atomic E-state index is 0.241. The topological polar surface area (TPSA) is 65.2 Å². The van der Waals surface area contributed by atoms with Gasteiger partial charge in [0.2, 0.25) is 5.76 Å². The first-order valence-corrected chi connectivity index (χ1v) is 7.68. The van der Waals surface area contributed by atoms with E-state index in [-0.39, 0.29) is 5.76 Å². The minimum Gasteiger partial charge on any atom is -0.463 e. The summed E-state index contributed by atoms with van der Waals surface area (Å²) in [6.07, 6.45) is 1.49. The molecule has 0 atom stereocenters. The number of esters is 1. The third kappa shape index (κ3) is 2.82. The van der Waals surface area contributed by atoms with Crippen LogP contribution in [0.1, 0.15) is 21.9 Å². The maximum atomic E-state index is 11.6. The van der Waals surface area contributed by atoms with E-state index in [0.29, 0.717) is 5.75 Å². The van der Waals surface area contributed by atoms with Crippen LogP contribution in [0.2, 0.25) is 0 Å². The van der Waals surface area contributed by atoms with Gasteiger partial charge in [-0.25, -0.2) is 14.8 Å². The summed E-state index contributed by atoms with van der Waals surface area (Å²) in [5, 5.41) is 1.89. The van der Waals surface area contributed by atoms with Gasteiger partial charge in [-0.1, -0.05) is 18.2 Å². The first-order chi connectivity index (χ1) is 10.7. The Morgan fingerprint density at radius 3 is 2.91 bits per heavy atom. The highest BCUT2D eigenvalue weighted by molar-refractivity contribution is 7.98. The van der Waals surface area contributed by atoms with Crippen LogP contribution in [0, 0.1) is 6.92 Å². The zero-order valence-corrected chi connectivity index (χ0v) is 13.0. The van der Waals surface area contributed by atoms with Gasteiger partial charge in [-0.15, -0.1) is 11.8 Å². The molecule has 3 aromatic rings. The molecule has 0 N–H and O–H groups in total. The zero-order valence-electron chi connectivity index (χ0n) is 12.2. The highest BCUT2D eigenvalue weighted by Crippen LogP contribution is 2.29. The number of aromatic nitrogens is 2. The number of rotatable bonds is 4. The predicted molar refractivity (Wildman–Crippen MR) is 83.9 cm³/mol. The molecule has 1 aromatic carbocycles. The van der Waals surface area contributed by atoms with Crippen LogP contribution in [-0.4, -0.2) is 23.0 Å². The quantitative estimate of drug-likeness (QED) is 0.416. The predicted octanol–water partition coefficient (Wildman–Crippen LogP) is 3.61. The maximum Gasteiger partial charge on any atom is 0.374 e. The number of furan rings is 1. The van der Waals surface area contributed by atoms with Gasteiger partial charge in [0.1, 0.15) is 10.9 Å². The number of benzene rings is 1. The fourth-order valence-corrected chi connectivity index (χ4v) is 3.18. The van der Waals surface area contributed by atoms with Gasteiger partial charge in [0.25, 0.3) is 0 Å². The van der Waals surface area contributed by atoms with Gasteiger partial charge in [0.15, 0.2) is 0 Å². The number of fused-ring (bicyclic) bond motifs is 1. The van der Waals surface area contributed by atoms with Crippen molar-refractivity contribution in [2.45, 2.75) is 17.7 Å². The van der Waals surface area contributed by atoms with Gasteiger partial charge in [-0.3, -0.25) is 0 Å². The molecule has 0 amide bonds. The van der Waals surface area contributed by atoms with E-state index in [2.05, 4.69) is 9.97 Å². The van der Waals surface area contributed by atoms with Gasteiger partial charge in [-0.05, 0) is 19.1 Å². The van der Waals surface area contributed by atoms with Crippen LogP contribution < -0.4 is 0 Å². The van der Waals surface area contributed by atoms with Crippen LogP contribution in [0.15, 0.2) is 46.0 Å². The van der Waals surface area contributed by atoms with Gasteiger partial charge in [0, 0.05) is 16.7 Å². The van der Waals surface area contributed by atoms with Crippen molar-refractivity contribution in [3.05, 3.63) is 53.7 Å². The molecule has 0 aliphatic rings. The molecule has 3 rings (SSSR count). The molecule has 0 radical (unpaired) electrons. The van der Waals surface area contributed by atoms with E-state index in [4.69, 9.17) is 9.15 Å². The third-order valence-electron chi connectivity index (χ3n) is 3.16. The standard InChI is InChI=1S/C16H14N2O3S/c1-10-17-13-6-4-3-5-12(13)15(18-10)22-9-11-7-8-21-14(11)16(19)20-2/h3-8H,9H2,1-2H3. The van der Waals surface area contributed by atoms with Crippen molar-refractivity contribution in [1.82, 2.24) is 9.97 Å². The summed E-state index contributed by atoms with van der Waals surface area (Å²) in [7, 11) is 1.34. The molecule has 5 nitrogen and oxygen atoms in total. The molecule has 0 spiro atoms. The molecule has 2 heterocycles. The largest absolute Gasteiger partial charge is 0.463 e. The number of hydrogen-bond donors (Lipinski definition) is 0. The van der Waals surface area contributed by atoms with Crippen molar-refractivity contribution in [3.8, 4) is 0 Å². The number of nitrogens with zero attached hydrogens (tertiary/aromatic N) is 2. The lowest BCUT2D eigenvalue weighted by Gasteiger charge is -2.06. The van der Waals surface area contributed by atoms with E-state index in [1.54, 1.807) is 17.8 Å². The number of carbonyl (C=O) groups is 1. The highest BCUT2D eigenvalue weighted by Gasteiger charge is 2.16. The Bertz CT molecular complexity index is 829. The minimum atomic E-state index is -0.468. The van der Waals surface area contributed by atoms with Crippen LogP contribution in [-0.2, 0) is 10.5 Å². The molecule has 0 aliphatic carbocycles. The Labute approximate surface area is 131 Å². The lowest BCUT2D eigenvalue weighted by Crippen LogP contribution is -2.02. The SMILES string of the molecule is COC(=O)c1occc1CSc1nc(C)nc2ccccc12. The first kappa shape index (κ1) is 14.6. The molecule has 0 saturated carbocycles. The second kappa shape index (κ2) is 6.19. The first-order valence-electron chi connectivity index (χ1n) is 6.70. The Kier molecular flexibility index (Phi) is 4.11. The molecule has 0 saturated heterocycles. The summed E-state index contributed by atoms with van der Waals surface area (Å²) in [4.78, 5) is 20.5. The van der Waals surface area contributed by atoms with Crippen molar-refractivity contribution in [2.75, 3.05) is 7.11 Å². The van der Waals surface area contributed by atoms with Crippen LogP contribution in [0.4, 0.5) is 0 Å². The van der Waals surface area contributed by atoms with Crippen molar-refractivity contribution >= 4 is 28.6 Å². The van der Waals surface area contributed by atoms with E-state index < -0.39 is 5.97 Å². The molecular weight excluding hydrogens is 300 g/mol. The van der Waals surface area contributed by atoms with Gasteiger partial charge in [-0.2, -0.15) is 0 Å². The van der Waals surface area contributed by atoms with Crippen LogP contribution in [0.3, 0.4) is 0 Å². The van der Waals surface area contributed by atoms with E-state index in [9.17, 15) is 4.79 Å². The van der Waals surface area contributed by atoms with Crippen LogP contribution in [0.25, 0.3) is 10.9 Å². The Hall–Kier alpha value is -2.34. The monoisotopic (exact) mass is 314 g/mol. The van der Waals surface area contributed by atoms with Crippen molar-refractivity contribution in [2.24, 2.45) is 0 Å². The van der Waals surface area contributed by atoms with Crippen molar-refractivity contribution in [3.63, 3.8) is 0 Å². The average molecular weight is 314 g/mol. The Morgan fingerprint density at radius 2 is 2.09 bits per heavy atom. The molecule has 22 heavy (non-hydrogen) atoms. The molecule has 0 unspecified atom stereocenters. The van der Waals surface area contributed by atoms with Crippen molar-refractivity contribution < 1.29 is 13.9 Å². The molecule has 6 heteroatoms. The fraction of sp³-hybridized carbons (Fsp3) is 0.188. The lowest BCUT2D eigenvalue weighted by atomic mass is 10.2. The van der Waals surface area contributed by atoms with Gasteiger partial charge >= 0.3 is 5.97 Å². The normalized spacial score (nSPS) is 10.8. The Morgan fingerprint density at radius 1 is 1.27 bits per heavy atom. The second-order valence-corrected chi connectivity index (χ2v) is 5.61. The summed E-state index contributed by atoms with van der Waals surface area (Å²) < 4.78 is 9.91. The zero-order chi connectivity index (χ0) is 15.5. The molecule has 0 bridgehead atoms. The van der Waals surface area contributed by atoms with Crippen molar-refractivity contribution in [1.29, 1.82) is 0 Å². The Balaban J connectivity index is 1.89. The second-order valence-electron chi connectivity index (χ2n) is 4.65. The summed E-state index contributed by atoms with van der Waals surface area (Å²) in [6.45, 7) is 1.87. The maximum absolute atomic E-state index is 11.6. The number of methoxy groups -OCH3 is 1. The lowest BCUT2D eigenvalue weighted by molar-refractivity contribution is 0.0564. The van der Waals surface area contributed by atoms with E-state index >= 15 is 0 Å². The molecular formula is C16H14N2O3S. The number of carbonyl (C=O) groups excluding carboxylic acids is 1. The van der Waals surface area contributed by atoms with E-state index in [1.807, 2.05) is 31.2 Å². The van der Waals surface area contributed by atoms with Crippen LogP contribution in [0.5, 0.6) is 0 Å². The molecule has 112 valence electrons. The summed E-state index contributed by atoms with van der Waals surface area (Å²) in [5.74, 6) is 1.07.